The monoisotopic (exact) mass is 1230 g/mol. The zero-order valence-electron chi connectivity index (χ0n) is 56.3. The maximum absolute atomic E-state index is 7.56. The summed E-state index contributed by atoms with van der Waals surface area (Å²) in [7, 11) is 0. The number of furan rings is 2. The number of nitrogens with zero attached hydrogens (tertiary/aromatic N) is 2. The SMILES string of the molecule is CC(C)(C)c1cc(-c2cc3c4c(c2)N(c2cccc5c2oc2c(-c6cc(C(C)(C)C)cc(C(C)(C)C)c6)cccc25)c2cc(Cl)ccc2B4c2ccc(Cl)cc2N3c2cccc3c2oc2c(-c4cc(C(C)(C)C)cc(C(C)(C)C)c4)cccc23)cc(C(C)(C)C)c1. The van der Waals surface area contributed by atoms with Crippen LogP contribution in [-0.4, -0.2) is 6.71 Å². The molecule has 0 fully saturated rings. The zero-order valence-corrected chi connectivity index (χ0v) is 57.8. The van der Waals surface area contributed by atoms with Gasteiger partial charge in [0.2, 0.25) is 0 Å². The molecule has 0 bridgehead atoms. The van der Waals surface area contributed by atoms with E-state index in [1.54, 1.807) is 0 Å². The average molecular weight is 1230 g/mol. The number of hydrogen-bond donors (Lipinski definition) is 0. The lowest BCUT2D eigenvalue weighted by Gasteiger charge is -2.44. The van der Waals surface area contributed by atoms with Gasteiger partial charge in [0.15, 0.2) is 11.2 Å². The van der Waals surface area contributed by atoms with Gasteiger partial charge in [-0.3, -0.25) is 0 Å². The van der Waals surface area contributed by atoms with Crippen LogP contribution in [0.2, 0.25) is 10.0 Å². The molecule has 91 heavy (non-hydrogen) atoms. The first kappa shape index (κ1) is 60.6. The molecule has 12 aromatic rings. The summed E-state index contributed by atoms with van der Waals surface area (Å²) < 4.78 is 15.1. The fraction of sp³-hybridized carbons (Fsp3) is 0.286. The van der Waals surface area contributed by atoms with E-state index in [-0.39, 0.29) is 39.2 Å². The van der Waals surface area contributed by atoms with Gasteiger partial charge >= 0.3 is 0 Å². The molecule has 10 aromatic carbocycles. The Labute approximate surface area is 549 Å². The summed E-state index contributed by atoms with van der Waals surface area (Å²) in [6.45, 7) is 41.3. The molecule has 0 unspecified atom stereocenters. The Kier molecular flexibility index (Phi) is 13.8. The van der Waals surface area contributed by atoms with Crippen LogP contribution in [0, 0.1) is 0 Å². The van der Waals surface area contributed by atoms with Crippen LogP contribution in [0.1, 0.15) is 158 Å². The minimum atomic E-state index is -0.223. The highest BCUT2D eigenvalue weighted by molar-refractivity contribution is 7.00. The molecule has 0 saturated carbocycles. The molecule has 0 aliphatic carbocycles. The Hall–Kier alpha value is -7.96. The maximum Gasteiger partial charge on any atom is 0.252 e. The molecule has 2 aromatic heterocycles. The van der Waals surface area contributed by atoms with Crippen molar-refractivity contribution in [2.45, 2.75) is 157 Å². The normalized spacial score (nSPS) is 13.9. The quantitative estimate of drug-likeness (QED) is 0.161. The Morgan fingerprint density at radius 3 is 0.912 bits per heavy atom. The van der Waals surface area contributed by atoms with E-state index in [4.69, 9.17) is 32.0 Å². The van der Waals surface area contributed by atoms with Crippen LogP contribution in [0.3, 0.4) is 0 Å². The van der Waals surface area contributed by atoms with E-state index in [1.807, 2.05) is 12.1 Å². The molecular formula is C84H83BCl2N2O2. The molecule has 7 heteroatoms. The molecule has 0 spiro atoms. The van der Waals surface area contributed by atoms with Gasteiger partial charge < -0.3 is 18.6 Å². The van der Waals surface area contributed by atoms with Crippen LogP contribution < -0.4 is 26.2 Å². The zero-order chi connectivity index (χ0) is 64.6. The van der Waals surface area contributed by atoms with Gasteiger partial charge in [0, 0.05) is 65.5 Å². The Morgan fingerprint density at radius 1 is 0.286 bits per heavy atom. The first-order valence-electron chi connectivity index (χ1n) is 32.5. The number of rotatable bonds is 5. The molecule has 458 valence electrons. The molecule has 4 nitrogen and oxygen atoms in total. The van der Waals surface area contributed by atoms with E-state index in [0.29, 0.717) is 10.0 Å². The molecule has 0 radical (unpaired) electrons. The molecule has 2 aliphatic rings. The van der Waals surface area contributed by atoms with Crippen LogP contribution >= 0.6 is 23.2 Å². The van der Waals surface area contributed by atoms with E-state index in [9.17, 15) is 0 Å². The van der Waals surface area contributed by atoms with Gasteiger partial charge in [-0.05, 0) is 153 Å². The topological polar surface area (TPSA) is 32.8 Å². The van der Waals surface area contributed by atoms with E-state index < -0.39 is 0 Å². The molecule has 0 amide bonds. The van der Waals surface area contributed by atoms with Gasteiger partial charge in [-0.1, -0.05) is 275 Å². The molecule has 2 aliphatic heterocycles. The van der Waals surface area contributed by atoms with Gasteiger partial charge in [0.05, 0.1) is 11.4 Å². The predicted octanol–water partition coefficient (Wildman–Crippen LogP) is 23.7. The molecular weight excluding hydrogens is 1150 g/mol. The van der Waals surface area contributed by atoms with Crippen molar-refractivity contribution < 1.29 is 8.83 Å². The van der Waals surface area contributed by atoms with Crippen molar-refractivity contribution in [3.63, 3.8) is 0 Å². The Morgan fingerprint density at radius 2 is 0.582 bits per heavy atom. The standard InChI is InChI=1S/C84H83BCl2N2O2/c1-79(2,3)52-35-48(36-53(43-52)80(4,5)6)49-41-72-74-73(42-49)89(69-30-22-28-65-63-26-20-24-61(76(63)91-78(65)69)51-39-56(83(13,14)15)45-57(40-51)84(16,17)18)71-47-59(87)32-34-67(71)85(74)66-33-31-58(86)46-70(66)88(72)68-29-21-27-64-62-25-19-23-60(75(62)90-77(64)68)50-37-54(81(7,8)9)44-55(38-50)82(10,11)12/h19-47H,1-18H3. The third-order valence-electron chi connectivity index (χ3n) is 19.4. The van der Waals surface area contributed by atoms with Crippen molar-refractivity contribution in [1.29, 1.82) is 0 Å². The molecule has 14 rings (SSSR count). The minimum Gasteiger partial charge on any atom is -0.453 e. The summed E-state index contributed by atoms with van der Waals surface area (Å²) in [6, 6.07) is 65.8. The summed E-state index contributed by atoms with van der Waals surface area (Å²) in [6.07, 6.45) is 0. The first-order chi connectivity index (χ1) is 42.7. The summed E-state index contributed by atoms with van der Waals surface area (Å²) >= 11 is 14.7. The number of halogens is 2. The fourth-order valence-corrected chi connectivity index (χ4v) is 14.3. The van der Waals surface area contributed by atoms with Crippen molar-refractivity contribution in [3.05, 3.63) is 219 Å². The second kappa shape index (κ2) is 20.8. The highest BCUT2D eigenvalue weighted by Gasteiger charge is 2.45. The van der Waals surface area contributed by atoms with Crippen LogP contribution in [-0.2, 0) is 32.5 Å². The summed E-state index contributed by atoms with van der Waals surface area (Å²) in [5, 5.41) is 5.50. The maximum atomic E-state index is 7.56. The largest absolute Gasteiger partial charge is 0.453 e. The second-order valence-corrected chi connectivity index (χ2v) is 33.1. The van der Waals surface area contributed by atoms with Gasteiger partial charge in [-0.2, -0.15) is 0 Å². The molecule has 4 heterocycles. The second-order valence-electron chi connectivity index (χ2n) is 32.2. The highest BCUT2D eigenvalue weighted by Crippen LogP contribution is 2.53. The van der Waals surface area contributed by atoms with Gasteiger partial charge in [-0.25, -0.2) is 0 Å². The van der Waals surface area contributed by atoms with Crippen LogP contribution in [0.4, 0.5) is 34.1 Å². The molecule has 0 atom stereocenters. The Balaban J connectivity index is 1.08. The third-order valence-corrected chi connectivity index (χ3v) is 19.9. The minimum absolute atomic E-state index is 0.0673. The number of hydrogen-bond acceptors (Lipinski definition) is 4. The third kappa shape index (κ3) is 10.3. The van der Waals surface area contributed by atoms with Crippen LogP contribution in [0.5, 0.6) is 0 Å². The first-order valence-corrected chi connectivity index (χ1v) is 33.2. The van der Waals surface area contributed by atoms with Crippen LogP contribution in [0.15, 0.2) is 185 Å². The van der Waals surface area contributed by atoms with Gasteiger partial charge in [0.1, 0.15) is 11.2 Å². The number of para-hydroxylation sites is 4. The van der Waals surface area contributed by atoms with Gasteiger partial charge in [0.25, 0.3) is 6.71 Å². The van der Waals surface area contributed by atoms with E-state index in [0.717, 1.165) is 128 Å². The lowest BCUT2D eigenvalue weighted by atomic mass is 9.33. The molecule has 0 saturated heterocycles. The number of anilines is 6. The van der Waals surface area contributed by atoms with Crippen molar-refractivity contribution in [1.82, 2.24) is 0 Å². The fourth-order valence-electron chi connectivity index (χ4n) is 14.0. The van der Waals surface area contributed by atoms with Crippen molar-refractivity contribution >= 4 is 124 Å². The van der Waals surface area contributed by atoms with E-state index >= 15 is 0 Å². The highest BCUT2D eigenvalue weighted by atomic mass is 35.5. The Bertz CT molecular complexity index is 4630. The van der Waals surface area contributed by atoms with E-state index in [1.165, 1.54) is 33.4 Å². The lowest BCUT2D eigenvalue weighted by Crippen LogP contribution is -2.61. The summed E-state index contributed by atoms with van der Waals surface area (Å²) in [4.78, 5) is 4.90. The smallest absolute Gasteiger partial charge is 0.252 e. The number of benzene rings is 10. The summed E-state index contributed by atoms with van der Waals surface area (Å²) in [5.74, 6) is 0. The lowest BCUT2D eigenvalue weighted by molar-refractivity contribution is 0.568. The summed E-state index contributed by atoms with van der Waals surface area (Å²) in [5.41, 5.74) is 26.4. The predicted molar refractivity (Wildman–Crippen MR) is 394 cm³/mol. The van der Waals surface area contributed by atoms with Crippen molar-refractivity contribution in [3.8, 4) is 33.4 Å². The van der Waals surface area contributed by atoms with Crippen molar-refractivity contribution in [2.24, 2.45) is 0 Å². The van der Waals surface area contributed by atoms with Gasteiger partial charge in [-0.15, -0.1) is 0 Å². The van der Waals surface area contributed by atoms with E-state index in [2.05, 4.69) is 298 Å². The number of fused-ring (bicyclic) bond motifs is 10. The van der Waals surface area contributed by atoms with Crippen LogP contribution in [0.25, 0.3) is 77.3 Å². The molecule has 0 N–H and O–H groups in total. The van der Waals surface area contributed by atoms with Crippen molar-refractivity contribution in [2.75, 3.05) is 9.80 Å². The average Bonchev–Trinajstić information content (AvgIpc) is 1.26.